The Morgan fingerprint density at radius 3 is 2.88 bits per heavy atom. The largest absolute Gasteiger partial charge is 0.496 e. The van der Waals surface area contributed by atoms with Crippen LogP contribution in [-0.4, -0.2) is 31.1 Å². The number of likely N-dealkylation sites (tertiary alicyclic amines) is 1. The van der Waals surface area contributed by atoms with Gasteiger partial charge in [0.25, 0.3) is 0 Å². The molecule has 0 saturated carbocycles. The monoisotopic (exact) mass is 234 g/mol. The predicted molar refractivity (Wildman–Crippen MR) is 70.0 cm³/mol. The second-order valence-corrected chi connectivity index (χ2v) is 4.85. The fraction of sp³-hybridized carbons (Fsp3) is 0.571. The third kappa shape index (κ3) is 2.61. The summed E-state index contributed by atoms with van der Waals surface area (Å²) in [6.45, 7) is 5.12. The molecule has 0 amide bonds. The molecule has 1 aliphatic rings. The van der Waals surface area contributed by atoms with Crippen LogP contribution in [0.25, 0.3) is 0 Å². The summed E-state index contributed by atoms with van der Waals surface area (Å²) in [7, 11) is 1.73. The molecule has 1 saturated heterocycles. The van der Waals surface area contributed by atoms with Gasteiger partial charge in [0.2, 0.25) is 0 Å². The highest BCUT2D eigenvalue weighted by molar-refractivity contribution is 5.33. The molecule has 1 aromatic carbocycles. The number of para-hydroxylation sites is 1. The second kappa shape index (κ2) is 5.52. The van der Waals surface area contributed by atoms with Gasteiger partial charge in [-0.1, -0.05) is 25.1 Å². The summed E-state index contributed by atoms with van der Waals surface area (Å²) < 4.78 is 5.39. The van der Waals surface area contributed by atoms with Crippen molar-refractivity contribution in [1.29, 1.82) is 0 Å². The van der Waals surface area contributed by atoms with Crippen molar-refractivity contribution >= 4 is 0 Å². The molecule has 3 heteroatoms. The van der Waals surface area contributed by atoms with Crippen LogP contribution in [0.5, 0.6) is 5.75 Å². The zero-order valence-electron chi connectivity index (χ0n) is 10.7. The maximum atomic E-state index is 5.87. The van der Waals surface area contributed by atoms with E-state index in [4.69, 9.17) is 10.5 Å². The smallest absolute Gasteiger partial charge is 0.123 e. The van der Waals surface area contributed by atoms with Crippen LogP contribution in [0, 0.1) is 5.92 Å². The molecule has 2 unspecified atom stereocenters. The molecule has 1 aliphatic heterocycles. The SMILES string of the molecule is COc1ccccc1CN1CCC(C)C1CN. The fourth-order valence-electron chi connectivity index (χ4n) is 2.72. The van der Waals surface area contributed by atoms with Crippen molar-refractivity contribution in [1.82, 2.24) is 4.90 Å². The van der Waals surface area contributed by atoms with Gasteiger partial charge in [0, 0.05) is 24.7 Å². The maximum absolute atomic E-state index is 5.87. The van der Waals surface area contributed by atoms with Gasteiger partial charge in [-0.3, -0.25) is 4.90 Å². The number of methoxy groups -OCH3 is 1. The molecule has 0 bridgehead atoms. The van der Waals surface area contributed by atoms with E-state index in [0.29, 0.717) is 12.0 Å². The van der Waals surface area contributed by atoms with E-state index in [9.17, 15) is 0 Å². The van der Waals surface area contributed by atoms with Crippen molar-refractivity contribution < 1.29 is 4.74 Å². The van der Waals surface area contributed by atoms with Gasteiger partial charge in [-0.2, -0.15) is 0 Å². The first-order valence-corrected chi connectivity index (χ1v) is 6.32. The van der Waals surface area contributed by atoms with E-state index in [1.807, 2.05) is 12.1 Å². The standard InChI is InChI=1S/C14H22N2O/c1-11-7-8-16(13(11)9-15)10-12-5-3-4-6-14(12)17-2/h3-6,11,13H,7-10,15H2,1-2H3. The summed E-state index contributed by atoms with van der Waals surface area (Å²) in [5, 5.41) is 0. The summed E-state index contributed by atoms with van der Waals surface area (Å²) in [6, 6.07) is 8.74. The van der Waals surface area contributed by atoms with Crippen molar-refractivity contribution in [2.45, 2.75) is 25.9 Å². The lowest BCUT2D eigenvalue weighted by atomic mass is 10.0. The second-order valence-electron chi connectivity index (χ2n) is 4.85. The van der Waals surface area contributed by atoms with E-state index in [2.05, 4.69) is 24.0 Å². The van der Waals surface area contributed by atoms with Crippen LogP contribution in [0.15, 0.2) is 24.3 Å². The highest BCUT2D eigenvalue weighted by Gasteiger charge is 2.30. The van der Waals surface area contributed by atoms with Gasteiger partial charge in [-0.05, 0) is 24.9 Å². The van der Waals surface area contributed by atoms with E-state index in [0.717, 1.165) is 25.4 Å². The van der Waals surface area contributed by atoms with Crippen molar-refractivity contribution in [3.8, 4) is 5.75 Å². The number of hydrogen-bond donors (Lipinski definition) is 1. The molecule has 0 radical (unpaired) electrons. The summed E-state index contributed by atoms with van der Waals surface area (Å²) in [5.41, 5.74) is 7.12. The van der Waals surface area contributed by atoms with Gasteiger partial charge in [-0.25, -0.2) is 0 Å². The Morgan fingerprint density at radius 2 is 2.18 bits per heavy atom. The Bertz CT molecular complexity index is 367. The van der Waals surface area contributed by atoms with Crippen molar-refractivity contribution in [3.63, 3.8) is 0 Å². The average Bonchev–Trinajstić information content (AvgIpc) is 2.70. The van der Waals surface area contributed by atoms with Gasteiger partial charge in [0.15, 0.2) is 0 Å². The summed E-state index contributed by atoms with van der Waals surface area (Å²) in [4.78, 5) is 2.47. The van der Waals surface area contributed by atoms with Crippen LogP contribution in [-0.2, 0) is 6.54 Å². The molecular weight excluding hydrogens is 212 g/mol. The summed E-state index contributed by atoms with van der Waals surface area (Å²) in [6.07, 6.45) is 1.25. The number of ether oxygens (including phenoxy) is 1. The normalized spacial score (nSPS) is 25.1. The molecule has 0 spiro atoms. The minimum atomic E-state index is 0.514. The zero-order chi connectivity index (χ0) is 12.3. The summed E-state index contributed by atoms with van der Waals surface area (Å²) >= 11 is 0. The first-order valence-electron chi connectivity index (χ1n) is 6.32. The molecule has 2 atom stereocenters. The zero-order valence-corrected chi connectivity index (χ0v) is 10.7. The van der Waals surface area contributed by atoms with E-state index in [1.54, 1.807) is 7.11 Å². The van der Waals surface area contributed by atoms with Gasteiger partial charge in [0.05, 0.1) is 7.11 Å². The molecule has 0 aliphatic carbocycles. The Morgan fingerprint density at radius 1 is 1.41 bits per heavy atom. The Labute approximate surface area is 104 Å². The first-order chi connectivity index (χ1) is 8.26. The molecule has 94 valence electrons. The summed E-state index contributed by atoms with van der Waals surface area (Å²) in [5.74, 6) is 1.68. The molecule has 2 N–H and O–H groups in total. The van der Waals surface area contributed by atoms with Crippen LogP contribution >= 0.6 is 0 Å². The number of hydrogen-bond acceptors (Lipinski definition) is 3. The molecular formula is C14H22N2O. The molecule has 0 aromatic heterocycles. The van der Waals surface area contributed by atoms with E-state index >= 15 is 0 Å². The molecule has 1 heterocycles. The lowest BCUT2D eigenvalue weighted by molar-refractivity contribution is 0.225. The quantitative estimate of drug-likeness (QED) is 0.864. The molecule has 3 nitrogen and oxygen atoms in total. The molecule has 2 rings (SSSR count). The third-order valence-electron chi connectivity index (χ3n) is 3.80. The number of nitrogens with zero attached hydrogens (tertiary/aromatic N) is 1. The van der Waals surface area contributed by atoms with E-state index in [1.165, 1.54) is 12.0 Å². The number of rotatable bonds is 4. The van der Waals surface area contributed by atoms with Crippen LogP contribution < -0.4 is 10.5 Å². The van der Waals surface area contributed by atoms with E-state index < -0.39 is 0 Å². The highest BCUT2D eigenvalue weighted by Crippen LogP contribution is 2.27. The predicted octanol–water partition coefficient (Wildman–Crippen LogP) is 1.86. The van der Waals surface area contributed by atoms with Crippen LogP contribution in [0.2, 0.25) is 0 Å². The maximum Gasteiger partial charge on any atom is 0.123 e. The number of benzene rings is 1. The molecule has 1 aromatic rings. The Hall–Kier alpha value is -1.06. The molecule has 17 heavy (non-hydrogen) atoms. The number of nitrogens with two attached hydrogens (primary N) is 1. The van der Waals surface area contributed by atoms with Gasteiger partial charge < -0.3 is 10.5 Å². The third-order valence-corrected chi connectivity index (χ3v) is 3.80. The fourth-order valence-corrected chi connectivity index (χ4v) is 2.72. The van der Waals surface area contributed by atoms with Gasteiger partial charge in [-0.15, -0.1) is 0 Å². The van der Waals surface area contributed by atoms with E-state index in [-0.39, 0.29) is 0 Å². The Kier molecular flexibility index (Phi) is 4.02. The molecule has 1 fully saturated rings. The van der Waals surface area contributed by atoms with Gasteiger partial charge >= 0.3 is 0 Å². The van der Waals surface area contributed by atoms with Crippen LogP contribution in [0.1, 0.15) is 18.9 Å². The lowest BCUT2D eigenvalue weighted by Crippen LogP contribution is -2.37. The Balaban J connectivity index is 2.10. The average molecular weight is 234 g/mol. The van der Waals surface area contributed by atoms with Crippen molar-refractivity contribution in [3.05, 3.63) is 29.8 Å². The minimum Gasteiger partial charge on any atom is -0.496 e. The minimum absolute atomic E-state index is 0.514. The first kappa shape index (κ1) is 12.4. The topological polar surface area (TPSA) is 38.5 Å². The van der Waals surface area contributed by atoms with Crippen molar-refractivity contribution in [2.75, 3.05) is 20.2 Å². The lowest BCUT2D eigenvalue weighted by Gasteiger charge is -2.26. The van der Waals surface area contributed by atoms with Crippen molar-refractivity contribution in [2.24, 2.45) is 11.7 Å². The van der Waals surface area contributed by atoms with Gasteiger partial charge in [0.1, 0.15) is 5.75 Å². The van der Waals surface area contributed by atoms with Crippen LogP contribution in [0.4, 0.5) is 0 Å². The highest BCUT2D eigenvalue weighted by atomic mass is 16.5. The van der Waals surface area contributed by atoms with Crippen LogP contribution in [0.3, 0.4) is 0 Å².